The molecule has 0 saturated carbocycles. The lowest BCUT2D eigenvalue weighted by molar-refractivity contribution is 0.261. The van der Waals surface area contributed by atoms with E-state index in [9.17, 15) is 0 Å². The van der Waals surface area contributed by atoms with Crippen LogP contribution in [0.25, 0.3) is 0 Å². The van der Waals surface area contributed by atoms with Crippen molar-refractivity contribution in [2.75, 3.05) is 6.61 Å². The predicted molar refractivity (Wildman–Crippen MR) is 67.8 cm³/mol. The van der Waals surface area contributed by atoms with Gasteiger partial charge in [-0.1, -0.05) is 18.2 Å². The first-order chi connectivity index (χ1) is 8.79. The average Bonchev–Trinajstić information content (AvgIpc) is 2.81. The third-order valence-corrected chi connectivity index (χ3v) is 2.66. The maximum absolute atomic E-state index is 5.65. The fraction of sp³-hybridized carbons (Fsp3) is 0.333. The zero-order chi connectivity index (χ0) is 12.8. The minimum absolute atomic E-state index is 0.00638. The second kappa shape index (κ2) is 6.13. The van der Waals surface area contributed by atoms with Crippen molar-refractivity contribution in [1.29, 1.82) is 0 Å². The molecule has 0 saturated heterocycles. The summed E-state index contributed by atoms with van der Waals surface area (Å²) in [6, 6.07) is 9.64. The topological polar surface area (TPSA) is 78.0 Å². The SMILES string of the molecule is Cn1ncnc1CC(COc1ccccc1)NN. The van der Waals surface area contributed by atoms with Gasteiger partial charge in [-0.2, -0.15) is 5.10 Å². The monoisotopic (exact) mass is 247 g/mol. The molecule has 0 fully saturated rings. The number of nitrogens with zero attached hydrogens (tertiary/aromatic N) is 3. The zero-order valence-electron chi connectivity index (χ0n) is 10.3. The van der Waals surface area contributed by atoms with E-state index >= 15 is 0 Å². The summed E-state index contributed by atoms with van der Waals surface area (Å²) in [4.78, 5) is 4.16. The molecule has 6 nitrogen and oxygen atoms in total. The molecular formula is C12H17N5O. The van der Waals surface area contributed by atoms with Crippen molar-refractivity contribution < 1.29 is 4.74 Å². The number of hydrazine groups is 1. The lowest BCUT2D eigenvalue weighted by Gasteiger charge is -2.16. The van der Waals surface area contributed by atoms with Crippen LogP contribution in [-0.2, 0) is 13.5 Å². The highest BCUT2D eigenvalue weighted by Crippen LogP contribution is 2.09. The molecule has 0 aliphatic rings. The Balaban J connectivity index is 1.88. The Kier molecular flexibility index (Phi) is 4.27. The lowest BCUT2D eigenvalue weighted by atomic mass is 10.2. The van der Waals surface area contributed by atoms with Crippen molar-refractivity contribution in [2.24, 2.45) is 12.9 Å². The van der Waals surface area contributed by atoms with E-state index in [0.29, 0.717) is 13.0 Å². The highest BCUT2D eigenvalue weighted by Gasteiger charge is 2.12. The van der Waals surface area contributed by atoms with Crippen molar-refractivity contribution in [3.8, 4) is 5.75 Å². The molecule has 1 unspecified atom stereocenters. The number of aryl methyl sites for hydroxylation is 1. The molecule has 2 aromatic rings. The van der Waals surface area contributed by atoms with Gasteiger partial charge in [0.25, 0.3) is 0 Å². The molecule has 0 bridgehead atoms. The van der Waals surface area contributed by atoms with Crippen LogP contribution in [0.1, 0.15) is 5.82 Å². The number of para-hydroxylation sites is 1. The van der Waals surface area contributed by atoms with Crippen LogP contribution < -0.4 is 16.0 Å². The van der Waals surface area contributed by atoms with Crippen LogP contribution in [0.5, 0.6) is 5.75 Å². The molecule has 1 aromatic carbocycles. The molecule has 6 heteroatoms. The third-order valence-electron chi connectivity index (χ3n) is 2.66. The molecule has 1 atom stereocenters. The zero-order valence-corrected chi connectivity index (χ0v) is 10.3. The molecular weight excluding hydrogens is 230 g/mol. The van der Waals surface area contributed by atoms with E-state index in [0.717, 1.165) is 11.6 Å². The molecule has 96 valence electrons. The number of hydrogen-bond donors (Lipinski definition) is 2. The van der Waals surface area contributed by atoms with Gasteiger partial charge in [0.05, 0.1) is 6.04 Å². The van der Waals surface area contributed by atoms with Gasteiger partial charge >= 0.3 is 0 Å². The molecule has 0 amide bonds. The quantitative estimate of drug-likeness (QED) is 0.566. The molecule has 18 heavy (non-hydrogen) atoms. The molecule has 0 aliphatic carbocycles. The summed E-state index contributed by atoms with van der Waals surface area (Å²) < 4.78 is 7.38. The van der Waals surface area contributed by atoms with Crippen LogP contribution in [0.4, 0.5) is 0 Å². The minimum Gasteiger partial charge on any atom is -0.492 e. The van der Waals surface area contributed by atoms with Gasteiger partial charge in [0.1, 0.15) is 24.5 Å². The van der Waals surface area contributed by atoms with Crippen molar-refractivity contribution in [2.45, 2.75) is 12.5 Å². The largest absolute Gasteiger partial charge is 0.492 e. The number of aromatic nitrogens is 3. The molecule has 0 radical (unpaired) electrons. The standard InChI is InChI=1S/C12H17N5O/c1-17-12(14-9-15-17)7-10(16-13)8-18-11-5-3-2-4-6-11/h2-6,9-10,16H,7-8,13H2,1H3. The summed E-state index contributed by atoms with van der Waals surface area (Å²) in [5, 5.41) is 4.02. The summed E-state index contributed by atoms with van der Waals surface area (Å²) in [5.74, 6) is 7.22. The summed E-state index contributed by atoms with van der Waals surface area (Å²) in [7, 11) is 1.86. The van der Waals surface area contributed by atoms with Crippen molar-refractivity contribution >= 4 is 0 Å². The molecule has 2 rings (SSSR count). The van der Waals surface area contributed by atoms with Crippen LogP contribution in [0.3, 0.4) is 0 Å². The smallest absolute Gasteiger partial charge is 0.138 e. The minimum atomic E-state index is -0.00638. The van der Waals surface area contributed by atoms with Crippen LogP contribution in [0, 0.1) is 0 Å². The fourth-order valence-electron chi connectivity index (χ4n) is 1.60. The lowest BCUT2D eigenvalue weighted by Crippen LogP contribution is -2.41. The van der Waals surface area contributed by atoms with Gasteiger partial charge in [0.2, 0.25) is 0 Å². The van der Waals surface area contributed by atoms with Crippen LogP contribution in [0.2, 0.25) is 0 Å². The van der Waals surface area contributed by atoms with Crippen molar-refractivity contribution in [3.05, 3.63) is 42.5 Å². The first-order valence-electron chi connectivity index (χ1n) is 5.76. The van der Waals surface area contributed by atoms with Gasteiger partial charge in [-0.15, -0.1) is 0 Å². The fourth-order valence-corrected chi connectivity index (χ4v) is 1.60. The van der Waals surface area contributed by atoms with Gasteiger partial charge in [-0.05, 0) is 12.1 Å². The maximum Gasteiger partial charge on any atom is 0.138 e. The molecule has 0 aliphatic heterocycles. The van der Waals surface area contributed by atoms with Crippen LogP contribution in [0.15, 0.2) is 36.7 Å². The first kappa shape index (κ1) is 12.5. The third kappa shape index (κ3) is 3.28. The van der Waals surface area contributed by atoms with Crippen molar-refractivity contribution in [1.82, 2.24) is 20.2 Å². The predicted octanol–water partition coefficient (Wildman–Crippen LogP) is 0.269. The van der Waals surface area contributed by atoms with E-state index in [-0.39, 0.29) is 6.04 Å². The Hall–Kier alpha value is -1.92. The Labute approximate surface area is 106 Å². The number of ether oxygens (including phenoxy) is 1. The highest BCUT2D eigenvalue weighted by atomic mass is 16.5. The van der Waals surface area contributed by atoms with E-state index in [4.69, 9.17) is 10.6 Å². The van der Waals surface area contributed by atoms with Crippen molar-refractivity contribution in [3.63, 3.8) is 0 Å². The van der Waals surface area contributed by atoms with Gasteiger partial charge in [-0.3, -0.25) is 16.0 Å². The van der Waals surface area contributed by atoms with Crippen LogP contribution >= 0.6 is 0 Å². The van der Waals surface area contributed by atoms with Crippen LogP contribution in [-0.4, -0.2) is 27.4 Å². The summed E-state index contributed by atoms with van der Waals surface area (Å²) >= 11 is 0. The molecule has 3 N–H and O–H groups in total. The van der Waals surface area contributed by atoms with Gasteiger partial charge in [0.15, 0.2) is 0 Å². The summed E-state index contributed by atoms with van der Waals surface area (Å²) in [6.07, 6.45) is 2.20. The first-order valence-corrected chi connectivity index (χ1v) is 5.76. The number of nitrogens with one attached hydrogen (secondary N) is 1. The summed E-state index contributed by atoms with van der Waals surface area (Å²) in [6.45, 7) is 0.480. The normalized spacial score (nSPS) is 12.3. The molecule has 1 heterocycles. The van der Waals surface area contributed by atoms with Gasteiger partial charge in [-0.25, -0.2) is 4.98 Å². The Morgan fingerprint density at radius 1 is 1.39 bits per heavy atom. The number of benzene rings is 1. The highest BCUT2D eigenvalue weighted by molar-refractivity contribution is 5.20. The van der Waals surface area contributed by atoms with Gasteiger partial charge in [0, 0.05) is 13.5 Å². The maximum atomic E-state index is 5.65. The number of nitrogens with two attached hydrogens (primary N) is 1. The molecule has 1 aromatic heterocycles. The molecule has 0 spiro atoms. The average molecular weight is 247 g/mol. The Morgan fingerprint density at radius 3 is 2.78 bits per heavy atom. The second-order valence-corrected chi connectivity index (χ2v) is 3.99. The van der Waals surface area contributed by atoms with E-state index in [1.165, 1.54) is 6.33 Å². The van der Waals surface area contributed by atoms with E-state index in [2.05, 4.69) is 15.5 Å². The Bertz CT molecular complexity index is 470. The van der Waals surface area contributed by atoms with E-state index in [1.807, 2.05) is 37.4 Å². The van der Waals surface area contributed by atoms with E-state index in [1.54, 1.807) is 4.68 Å². The second-order valence-electron chi connectivity index (χ2n) is 3.99. The number of rotatable bonds is 6. The van der Waals surface area contributed by atoms with Gasteiger partial charge < -0.3 is 4.74 Å². The van der Waals surface area contributed by atoms with E-state index < -0.39 is 0 Å². The Morgan fingerprint density at radius 2 is 2.17 bits per heavy atom. The number of hydrogen-bond acceptors (Lipinski definition) is 5. The summed E-state index contributed by atoms with van der Waals surface area (Å²) in [5.41, 5.74) is 2.73.